The van der Waals surface area contributed by atoms with E-state index in [0.717, 1.165) is 36.3 Å². The SMILES string of the molecule is Cc1noc2ncnc(N3CCC[C@H]3c3cnn(C)c3)c12. The summed E-state index contributed by atoms with van der Waals surface area (Å²) in [5.41, 5.74) is 2.60. The normalized spacial score (nSPS) is 18.8. The van der Waals surface area contributed by atoms with E-state index in [1.165, 1.54) is 5.56 Å². The fraction of sp³-hybridized carbons (Fsp3) is 0.429. The second-order valence-electron chi connectivity index (χ2n) is 5.44. The van der Waals surface area contributed by atoms with Gasteiger partial charge in [0.15, 0.2) is 0 Å². The van der Waals surface area contributed by atoms with Crippen molar-refractivity contribution in [2.45, 2.75) is 25.8 Å². The minimum Gasteiger partial charge on any atom is -0.349 e. The molecule has 0 N–H and O–H groups in total. The maximum absolute atomic E-state index is 5.25. The molecule has 0 saturated carbocycles. The topological polar surface area (TPSA) is 72.9 Å². The molecule has 0 bridgehead atoms. The monoisotopic (exact) mass is 284 g/mol. The van der Waals surface area contributed by atoms with Gasteiger partial charge in [-0.3, -0.25) is 4.68 Å². The van der Waals surface area contributed by atoms with Crippen molar-refractivity contribution in [1.29, 1.82) is 0 Å². The smallest absolute Gasteiger partial charge is 0.263 e. The highest BCUT2D eigenvalue weighted by molar-refractivity contribution is 5.88. The van der Waals surface area contributed by atoms with Crippen LogP contribution >= 0.6 is 0 Å². The van der Waals surface area contributed by atoms with Crippen molar-refractivity contribution >= 4 is 16.9 Å². The predicted octanol–water partition coefficient (Wildman–Crippen LogP) is 2.00. The van der Waals surface area contributed by atoms with Crippen molar-refractivity contribution in [1.82, 2.24) is 24.9 Å². The van der Waals surface area contributed by atoms with Gasteiger partial charge >= 0.3 is 0 Å². The molecule has 0 spiro atoms. The fourth-order valence-electron chi connectivity index (χ4n) is 3.10. The van der Waals surface area contributed by atoms with Gasteiger partial charge in [0.1, 0.15) is 17.5 Å². The fourth-order valence-corrected chi connectivity index (χ4v) is 3.10. The Morgan fingerprint density at radius 1 is 1.33 bits per heavy atom. The molecule has 7 heteroatoms. The molecule has 0 aromatic carbocycles. The molecule has 3 aromatic rings. The van der Waals surface area contributed by atoms with Crippen LogP contribution in [0.4, 0.5) is 5.82 Å². The van der Waals surface area contributed by atoms with Gasteiger partial charge in [-0.05, 0) is 19.8 Å². The van der Waals surface area contributed by atoms with Crippen molar-refractivity contribution in [3.05, 3.63) is 30.0 Å². The highest BCUT2D eigenvalue weighted by atomic mass is 16.5. The molecular formula is C14H16N6O. The number of aromatic nitrogens is 5. The Hall–Kier alpha value is -2.44. The number of nitrogens with zero attached hydrogens (tertiary/aromatic N) is 6. The Bertz CT molecular complexity index is 792. The number of fused-ring (bicyclic) bond motifs is 1. The van der Waals surface area contributed by atoms with Crippen LogP contribution in [0.25, 0.3) is 11.1 Å². The second kappa shape index (κ2) is 4.54. The molecule has 1 aliphatic heterocycles. The summed E-state index contributed by atoms with van der Waals surface area (Å²) in [5, 5.41) is 9.21. The molecule has 1 atom stereocenters. The van der Waals surface area contributed by atoms with Crippen LogP contribution in [0.2, 0.25) is 0 Å². The number of rotatable bonds is 2. The summed E-state index contributed by atoms with van der Waals surface area (Å²) in [6.45, 7) is 2.89. The van der Waals surface area contributed by atoms with Crippen LogP contribution in [0.15, 0.2) is 23.2 Å². The summed E-state index contributed by atoms with van der Waals surface area (Å²) in [4.78, 5) is 11.0. The van der Waals surface area contributed by atoms with Crippen LogP contribution < -0.4 is 4.90 Å². The van der Waals surface area contributed by atoms with Gasteiger partial charge in [-0.25, -0.2) is 4.98 Å². The number of hydrogen-bond acceptors (Lipinski definition) is 6. The standard InChI is InChI=1S/C14H16N6O/c1-9-12-13(15-8-16-14(12)21-18-9)20-5-3-4-11(20)10-6-17-19(2)7-10/h6-8,11H,3-5H2,1-2H3/t11-/m0/s1. The lowest BCUT2D eigenvalue weighted by molar-refractivity contribution is 0.442. The Morgan fingerprint density at radius 3 is 3.05 bits per heavy atom. The molecule has 108 valence electrons. The van der Waals surface area contributed by atoms with Crippen molar-refractivity contribution in [2.24, 2.45) is 7.05 Å². The Labute approximate surface area is 121 Å². The van der Waals surface area contributed by atoms with E-state index in [2.05, 4.69) is 31.3 Å². The first-order chi connectivity index (χ1) is 10.2. The minimum atomic E-state index is 0.297. The minimum absolute atomic E-state index is 0.297. The molecular weight excluding hydrogens is 268 g/mol. The Morgan fingerprint density at radius 2 is 2.24 bits per heavy atom. The molecule has 0 unspecified atom stereocenters. The Kier molecular flexibility index (Phi) is 2.66. The summed E-state index contributed by atoms with van der Waals surface area (Å²) in [6, 6.07) is 0.297. The molecule has 1 saturated heterocycles. The lowest BCUT2D eigenvalue weighted by atomic mass is 10.1. The third kappa shape index (κ3) is 1.88. The summed E-state index contributed by atoms with van der Waals surface area (Å²) in [5.74, 6) is 0.908. The van der Waals surface area contributed by atoms with E-state index >= 15 is 0 Å². The van der Waals surface area contributed by atoms with Crippen molar-refractivity contribution < 1.29 is 4.52 Å². The van der Waals surface area contributed by atoms with E-state index in [1.54, 1.807) is 6.33 Å². The van der Waals surface area contributed by atoms with Gasteiger partial charge in [0.2, 0.25) is 0 Å². The van der Waals surface area contributed by atoms with Crippen LogP contribution in [-0.4, -0.2) is 31.4 Å². The van der Waals surface area contributed by atoms with Gasteiger partial charge < -0.3 is 9.42 Å². The van der Waals surface area contributed by atoms with Crippen LogP contribution in [0.3, 0.4) is 0 Å². The maximum atomic E-state index is 5.25. The molecule has 4 heterocycles. The van der Waals surface area contributed by atoms with E-state index in [-0.39, 0.29) is 0 Å². The zero-order valence-corrected chi connectivity index (χ0v) is 12.0. The van der Waals surface area contributed by atoms with Gasteiger partial charge in [-0.1, -0.05) is 5.16 Å². The predicted molar refractivity (Wildman–Crippen MR) is 76.9 cm³/mol. The molecule has 3 aromatic heterocycles. The maximum Gasteiger partial charge on any atom is 0.263 e. The average Bonchev–Trinajstić information content (AvgIpc) is 3.18. The van der Waals surface area contributed by atoms with Crippen LogP contribution in [0, 0.1) is 6.92 Å². The highest BCUT2D eigenvalue weighted by Gasteiger charge is 2.30. The third-order valence-corrected chi connectivity index (χ3v) is 4.06. The molecule has 0 radical (unpaired) electrons. The van der Waals surface area contributed by atoms with Crippen molar-refractivity contribution in [3.63, 3.8) is 0 Å². The summed E-state index contributed by atoms with van der Waals surface area (Å²) < 4.78 is 7.09. The van der Waals surface area contributed by atoms with Gasteiger partial charge in [-0.2, -0.15) is 10.1 Å². The van der Waals surface area contributed by atoms with Crippen LogP contribution in [0.1, 0.15) is 30.1 Å². The van der Waals surface area contributed by atoms with E-state index < -0.39 is 0 Å². The molecule has 4 rings (SSSR count). The molecule has 7 nitrogen and oxygen atoms in total. The average molecular weight is 284 g/mol. The lowest BCUT2D eigenvalue weighted by Gasteiger charge is -2.25. The van der Waals surface area contributed by atoms with E-state index in [4.69, 9.17) is 4.52 Å². The first kappa shape index (κ1) is 12.3. The third-order valence-electron chi connectivity index (χ3n) is 4.06. The van der Waals surface area contributed by atoms with E-state index in [1.807, 2.05) is 24.9 Å². The quantitative estimate of drug-likeness (QED) is 0.716. The molecule has 0 amide bonds. The van der Waals surface area contributed by atoms with Crippen molar-refractivity contribution in [2.75, 3.05) is 11.4 Å². The largest absolute Gasteiger partial charge is 0.349 e. The Balaban J connectivity index is 1.82. The molecule has 21 heavy (non-hydrogen) atoms. The van der Waals surface area contributed by atoms with Gasteiger partial charge in [0, 0.05) is 25.4 Å². The van der Waals surface area contributed by atoms with Gasteiger partial charge in [0.05, 0.1) is 17.9 Å². The molecule has 0 aliphatic carbocycles. The zero-order valence-electron chi connectivity index (χ0n) is 12.0. The van der Waals surface area contributed by atoms with Crippen molar-refractivity contribution in [3.8, 4) is 0 Å². The number of hydrogen-bond donors (Lipinski definition) is 0. The van der Waals surface area contributed by atoms with Gasteiger partial charge in [0.25, 0.3) is 5.71 Å². The first-order valence-electron chi connectivity index (χ1n) is 7.06. The van der Waals surface area contributed by atoms with Gasteiger partial charge in [-0.15, -0.1) is 0 Å². The van der Waals surface area contributed by atoms with E-state index in [0.29, 0.717) is 11.8 Å². The zero-order chi connectivity index (χ0) is 14.4. The van der Waals surface area contributed by atoms with E-state index in [9.17, 15) is 0 Å². The molecule has 1 fully saturated rings. The number of anilines is 1. The highest BCUT2D eigenvalue weighted by Crippen LogP contribution is 2.38. The summed E-state index contributed by atoms with van der Waals surface area (Å²) in [6.07, 6.45) is 7.78. The summed E-state index contributed by atoms with van der Waals surface area (Å²) in [7, 11) is 1.94. The number of aryl methyl sites for hydroxylation is 2. The lowest BCUT2D eigenvalue weighted by Crippen LogP contribution is -2.23. The summed E-state index contributed by atoms with van der Waals surface area (Å²) >= 11 is 0. The van der Waals surface area contributed by atoms with Crippen LogP contribution in [-0.2, 0) is 7.05 Å². The second-order valence-corrected chi connectivity index (χ2v) is 5.44. The molecule has 1 aliphatic rings. The first-order valence-corrected chi connectivity index (χ1v) is 7.06. The van der Waals surface area contributed by atoms with Crippen LogP contribution in [0.5, 0.6) is 0 Å².